The lowest BCUT2D eigenvalue weighted by molar-refractivity contribution is -0.369. The van der Waals surface area contributed by atoms with Crippen LogP contribution in [0.2, 0.25) is 0 Å². The number of aldehydes is 1. The highest BCUT2D eigenvalue weighted by Crippen LogP contribution is 2.68. The van der Waals surface area contributed by atoms with Crippen LogP contribution in [0.1, 0.15) is 89.9 Å². The van der Waals surface area contributed by atoms with Crippen LogP contribution >= 0.6 is 0 Å². The molecule has 62 heavy (non-hydrogen) atoms. The van der Waals surface area contributed by atoms with Gasteiger partial charge in [0.1, 0.15) is 48.7 Å². The lowest BCUT2D eigenvalue weighted by Gasteiger charge is -2.58. The average Bonchev–Trinajstić information content (AvgIpc) is 3.59. The molecule has 3 saturated carbocycles. The lowest BCUT2D eigenvalue weighted by Crippen LogP contribution is -2.64. The van der Waals surface area contributed by atoms with Crippen molar-refractivity contribution in [2.45, 2.75) is 159 Å². The molecule has 15 nitrogen and oxygen atoms in total. The van der Waals surface area contributed by atoms with Crippen LogP contribution in [0.15, 0.2) is 47.6 Å². The molecule has 1 aromatic rings. The summed E-state index contributed by atoms with van der Waals surface area (Å²) in [5, 5.41) is 65.8. The molecule has 344 valence electrons. The Morgan fingerprint density at radius 2 is 1.61 bits per heavy atom. The topological polar surface area (TPSA) is 220 Å². The normalized spacial score (nSPS) is 47.4. The van der Waals surface area contributed by atoms with Gasteiger partial charge in [-0.1, -0.05) is 37.1 Å². The van der Waals surface area contributed by atoms with E-state index in [0.29, 0.717) is 24.5 Å². The molecule has 0 spiro atoms. The van der Waals surface area contributed by atoms with E-state index in [0.717, 1.165) is 37.7 Å². The van der Waals surface area contributed by atoms with E-state index >= 15 is 0 Å². The number of ether oxygens (including phenoxy) is 7. The number of benzene rings is 1. The monoisotopic (exact) mass is 870 g/mol. The van der Waals surface area contributed by atoms with Gasteiger partial charge >= 0.3 is 5.97 Å². The van der Waals surface area contributed by atoms with E-state index in [4.69, 9.17) is 33.2 Å². The number of hydrogen-bond donors (Lipinski definition) is 6. The van der Waals surface area contributed by atoms with Crippen LogP contribution in [0.3, 0.4) is 0 Å². The van der Waals surface area contributed by atoms with Gasteiger partial charge in [0.15, 0.2) is 25.0 Å². The van der Waals surface area contributed by atoms with Gasteiger partial charge in [0.05, 0.1) is 37.6 Å². The van der Waals surface area contributed by atoms with Crippen LogP contribution in [0.5, 0.6) is 5.75 Å². The Hall–Kier alpha value is -2.80. The summed E-state index contributed by atoms with van der Waals surface area (Å²) < 4.78 is 41.7. The van der Waals surface area contributed by atoms with Gasteiger partial charge in [0, 0.05) is 17.3 Å². The van der Waals surface area contributed by atoms with Crippen LogP contribution in [-0.4, -0.2) is 137 Å². The van der Waals surface area contributed by atoms with Crippen molar-refractivity contribution in [2.24, 2.45) is 46.3 Å². The first-order valence-corrected chi connectivity index (χ1v) is 22.5. The second-order valence-corrected chi connectivity index (χ2v) is 19.6. The molecule has 4 aliphatic carbocycles. The van der Waals surface area contributed by atoms with Crippen molar-refractivity contribution in [3.63, 3.8) is 0 Å². The van der Waals surface area contributed by atoms with Crippen molar-refractivity contribution in [1.82, 2.24) is 0 Å². The number of esters is 1. The molecule has 0 bridgehead atoms. The summed E-state index contributed by atoms with van der Waals surface area (Å²) >= 11 is 0. The molecule has 3 saturated heterocycles. The Morgan fingerprint density at radius 1 is 0.887 bits per heavy atom. The van der Waals surface area contributed by atoms with Crippen LogP contribution in [0.4, 0.5) is 0 Å². The van der Waals surface area contributed by atoms with Gasteiger partial charge in [0.25, 0.3) is 0 Å². The number of hydrogen-bond acceptors (Lipinski definition) is 15. The summed E-state index contributed by atoms with van der Waals surface area (Å²) in [6.45, 7) is 9.50. The third kappa shape index (κ3) is 7.90. The van der Waals surface area contributed by atoms with Crippen LogP contribution in [-0.2, 0) is 33.2 Å². The van der Waals surface area contributed by atoms with Crippen molar-refractivity contribution in [1.29, 1.82) is 0 Å². The van der Waals surface area contributed by atoms with Crippen molar-refractivity contribution < 1.29 is 73.4 Å². The molecule has 6 fully saturated rings. The molecule has 21 unspecified atom stereocenters. The average molecular weight is 871 g/mol. The number of carbonyl (C=O) groups excluding carboxylic acids is 2. The minimum Gasteiger partial charge on any atom is -0.497 e. The highest BCUT2D eigenvalue weighted by Gasteiger charge is 2.66. The van der Waals surface area contributed by atoms with E-state index < -0.39 is 85.7 Å². The first-order valence-electron chi connectivity index (χ1n) is 22.5. The molecule has 7 aliphatic rings. The Balaban J connectivity index is 0.952. The standard InChI is InChI=1S/C47H66O15/c1-22(2)17-30-23(3)35-33(59-43(30)55)19-32-29-12-9-26-18-28(13-15-46(26,5)31(29)14-16-47(32,35)21-49)58-45-41(37(51)36(50)34(20-48)60-45)62-44-39(53)38(52)40(24(4)57-44)61-42(54)25-7-10-27(56-6)11-8-25/h7-11,17,21,23-24,28-41,43-45,48,50-53,55H,12-16,18-20H2,1-6H3. The second kappa shape index (κ2) is 17.9. The van der Waals surface area contributed by atoms with E-state index in [2.05, 4.69) is 26.0 Å². The molecule has 6 N–H and O–H groups in total. The van der Waals surface area contributed by atoms with E-state index in [9.17, 15) is 40.2 Å². The van der Waals surface area contributed by atoms with Crippen molar-refractivity contribution in [2.75, 3.05) is 13.7 Å². The molecule has 0 aromatic heterocycles. The molecule has 15 heteroatoms. The maximum atomic E-state index is 13.4. The van der Waals surface area contributed by atoms with Crippen molar-refractivity contribution in [3.05, 3.63) is 53.1 Å². The van der Waals surface area contributed by atoms with Gasteiger partial charge in [-0.2, -0.15) is 0 Å². The minimum absolute atomic E-state index is 0.0372. The fourth-order valence-corrected chi connectivity index (χ4v) is 12.9. The van der Waals surface area contributed by atoms with Crippen LogP contribution in [0.25, 0.3) is 0 Å². The SMILES string of the molecule is COc1ccc(C(=O)OC2C(C)OC(OC3C(OC4CCC5(C)C(=CCC6C5CCC5(C=O)C6CC6OC(O)C(C=C(C)C)C(C)C65)C4)OC(CO)C(O)C3O)C(O)C2O)cc1. The van der Waals surface area contributed by atoms with Gasteiger partial charge in [-0.3, -0.25) is 0 Å². The number of aliphatic hydroxyl groups excluding tert-OH is 6. The zero-order chi connectivity index (χ0) is 44.4. The number of carbonyl (C=O) groups is 2. The maximum Gasteiger partial charge on any atom is 0.338 e. The van der Waals surface area contributed by atoms with Crippen LogP contribution in [0, 0.1) is 46.3 Å². The number of rotatable bonds is 10. The van der Waals surface area contributed by atoms with Gasteiger partial charge in [-0.05, 0) is 119 Å². The lowest BCUT2D eigenvalue weighted by atomic mass is 9.46. The molecule has 8 rings (SSSR count). The van der Waals surface area contributed by atoms with E-state index in [1.807, 2.05) is 13.8 Å². The number of allylic oxidation sites excluding steroid dienone is 2. The third-order valence-corrected chi connectivity index (χ3v) is 16.1. The Labute approximate surface area is 363 Å². The quantitative estimate of drug-likeness (QED) is 0.113. The Bertz CT molecular complexity index is 1830. The highest BCUT2D eigenvalue weighted by molar-refractivity contribution is 5.89. The summed E-state index contributed by atoms with van der Waals surface area (Å²) in [7, 11) is 1.50. The molecule has 3 heterocycles. The molecule has 0 radical (unpaired) electrons. The Kier molecular flexibility index (Phi) is 13.2. The summed E-state index contributed by atoms with van der Waals surface area (Å²) in [6.07, 6.45) is -4.83. The molecule has 0 amide bonds. The highest BCUT2D eigenvalue weighted by atomic mass is 16.8. The summed E-state index contributed by atoms with van der Waals surface area (Å²) in [5.41, 5.74) is 1.93. The molecule has 21 atom stereocenters. The number of aliphatic hydroxyl groups is 6. The number of fused-ring (bicyclic) bond motifs is 7. The summed E-state index contributed by atoms with van der Waals surface area (Å²) in [5.74, 6) is 0.524. The maximum absolute atomic E-state index is 13.4. The van der Waals surface area contributed by atoms with Gasteiger partial charge < -0.3 is 68.6 Å². The fraction of sp³-hybridized carbons (Fsp3) is 0.745. The van der Waals surface area contributed by atoms with E-state index in [-0.39, 0.29) is 52.8 Å². The molecular weight excluding hydrogens is 805 g/mol. The first kappa shape index (κ1) is 45.8. The van der Waals surface area contributed by atoms with Crippen LogP contribution < -0.4 is 4.74 Å². The van der Waals surface area contributed by atoms with E-state index in [1.54, 1.807) is 19.1 Å². The predicted octanol–water partition coefficient (Wildman–Crippen LogP) is 3.20. The van der Waals surface area contributed by atoms with Gasteiger partial charge in [0.2, 0.25) is 0 Å². The molecule has 3 aliphatic heterocycles. The zero-order valence-electron chi connectivity index (χ0n) is 36.5. The fourth-order valence-electron chi connectivity index (χ4n) is 12.9. The largest absolute Gasteiger partial charge is 0.497 e. The minimum atomic E-state index is -1.74. The number of methoxy groups -OCH3 is 1. The third-order valence-electron chi connectivity index (χ3n) is 16.1. The first-order chi connectivity index (χ1) is 29.5. The Morgan fingerprint density at radius 3 is 2.29 bits per heavy atom. The summed E-state index contributed by atoms with van der Waals surface area (Å²) in [6, 6.07) is 6.19. The van der Waals surface area contributed by atoms with Gasteiger partial charge in [-0.15, -0.1) is 0 Å². The van der Waals surface area contributed by atoms with E-state index in [1.165, 1.54) is 31.1 Å². The van der Waals surface area contributed by atoms with Gasteiger partial charge in [-0.25, -0.2) is 4.79 Å². The predicted molar refractivity (Wildman–Crippen MR) is 220 cm³/mol. The summed E-state index contributed by atoms with van der Waals surface area (Å²) in [4.78, 5) is 26.3. The molecular formula is C47H66O15. The zero-order valence-corrected chi connectivity index (χ0v) is 36.5. The molecule has 1 aromatic carbocycles. The smallest absolute Gasteiger partial charge is 0.338 e. The second-order valence-electron chi connectivity index (χ2n) is 19.6. The van der Waals surface area contributed by atoms with Crippen molar-refractivity contribution >= 4 is 12.3 Å². The van der Waals surface area contributed by atoms with Crippen molar-refractivity contribution in [3.8, 4) is 5.75 Å².